The molecule has 172 valence electrons. The maximum absolute atomic E-state index is 12.9. The maximum Gasteiger partial charge on any atom is 0.235 e. The molecule has 1 fully saturated rings. The molecule has 1 amide bonds. The highest BCUT2D eigenvalue weighted by Crippen LogP contribution is 2.29. The van der Waals surface area contributed by atoms with Crippen molar-refractivity contribution in [3.8, 4) is 11.8 Å². The van der Waals surface area contributed by atoms with Crippen molar-refractivity contribution in [3.05, 3.63) is 58.5 Å². The Labute approximate surface area is 198 Å². The number of imidazole rings is 1. The number of amides is 1. The maximum atomic E-state index is 12.9. The Morgan fingerprint density at radius 2 is 2.15 bits per heavy atom. The minimum absolute atomic E-state index is 0.109. The molecule has 1 atom stereocenters. The molecule has 1 aliphatic heterocycles. The van der Waals surface area contributed by atoms with E-state index in [9.17, 15) is 10.1 Å². The van der Waals surface area contributed by atoms with Crippen LogP contribution in [-0.4, -0.2) is 38.5 Å². The van der Waals surface area contributed by atoms with Crippen LogP contribution >= 0.6 is 11.8 Å². The van der Waals surface area contributed by atoms with Crippen LogP contribution in [0, 0.1) is 39.0 Å². The van der Waals surface area contributed by atoms with Crippen molar-refractivity contribution in [2.24, 2.45) is 0 Å². The van der Waals surface area contributed by atoms with Gasteiger partial charge in [0, 0.05) is 24.7 Å². The van der Waals surface area contributed by atoms with Crippen molar-refractivity contribution in [2.75, 3.05) is 17.7 Å². The third-order valence-corrected chi connectivity index (χ3v) is 7.13. The van der Waals surface area contributed by atoms with Gasteiger partial charge in [0.15, 0.2) is 5.16 Å². The highest BCUT2D eigenvalue weighted by atomic mass is 32.2. The first-order chi connectivity index (χ1) is 15.9. The molecule has 3 aromatic rings. The number of thioether (sulfide) groups is 1. The predicted molar refractivity (Wildman–Crippen MR) is 130 cm³/mol. The lowest BCUT2D eigenvalue weighted by molar-refractivity contribution is -0.113. The van der Waals surface area contributed by atoms with Crippen molar-refractivity contribution in [2.45, 2.75) is 58.3 Å². The van der Waals surface area contributed by atoms with Crippen molar-refractivity contribution in [3.63, 3.8) is 0 Å². The summed E-state index contributed by atoms with van der Waals surface area (Å²) in [6.45, 7) is 9.44. The zero-order chi connectivity index (χ0) is 23.5. The molecule has 1 aliphatic rings. The predicted octanol–water partition coefficient (Wildman–Crippen LogP) is 4.69. The number of aryl methyl sites for hydroxylation is 2. The quantitative estimate of drug-likeness (QED) is 0.514. The monoisotopic (exact) mass is 463 g/mol. The summed E-state index contributed by atoms with van der Waals surface area (Å²) >= 11 is 1.37. The minimum Gasteiger partial charge on any atom is -0.376 e. The fourth-order valence-electron chi connectivity index (χ4n) is 4.30. The Morgan fingerprint density at radius 1 is 1.33 bits per heavy atom. The van der Waals surface area contributed by atoms with Gasteiger partial charge in [-0.1, -0.05) is 29.5 Å². The summed E-state index contributed by atoms with van der Waals surface area (Å²) in [5.74, 6) is 0.583. The zero-order valence-electron chi connectivity index (χ0n) is 19.5. The SMILES string of the molecule is Cc1ccc(-n2ccnc2SCC(=O)Nc2c(C#N)c(C)c(C)n2C[C@H]2CCCO2)c(C)c1. The second-order valence-corrected chi connectivity index (χ2v) is 9.44. The molecule has 2 aromatic heterocycles. The van der Waals surface area contributed by atoms with E-state index >= 15 is 0 Å². The van der Waals surface area contributed by atoms with Gasteiger partial charge in [0.05, 0.1) is 29.7 Å². The van der Waals surface area contributed by atoms with Gasteiger partial charge < -0.3 is 14.6 Å². The third-order valence-electron chi connectivity index (χ3n) is 6.16. The second-order valence-electron chi connectivity index (χ2n) is 8.50. The molecule has 7 nitrogen and oxygen atoms in total. The summed E-state index contributed by atoms with van der Waals surface area (Å²) in [6.07, 6.45) is 5.79. The topological polar surface area (TPSA) is 84.9 Å². The molecule has 0 saturated carbocycles. The molecule has 3 heterocycles. The van der Waals surface area contributed by atoms with Gasteiger partial charge >= 0.3 is 0 Å². The number of carbonyl (C=O) groups is 1. The standard InChI is InChI=1S/C25H29N5O2S/c1-16-7-8-22(17(2)12-16)29-10-9-27-25(29)33-15-23(31)28-24-21(13-26)18(3)19(4)30(24)14-20-6-5-11-32-20/h7-10,12,20H,5-6,11,14-15H2,1-4H3,(H,28,31)/t20-/m1/s1. The number of nitrogens with zero attached hydrogens (tertiary/aromatic N) is 4. The number of carbonyl (C=O) groups excluding carboxylic acids is 1. The number of hydrogen-bond donors (Lipinski definition) is 1. The average molecular weight is 464 g/mol. The average Bonchev–Trinajstić information content (AvgIpc) is 3.51. The number of nitriles is 1. The van der Waals surface area contributed by atoms with E-state index in [0.29, 0.717) is 17.9 Å². The van der Waals surface area contributed by atoms with Crippen LogP contribution in [-0.2, 0) is 16.1 Å². The van der Waals surface area contributed by atoms with Crippen LogP contribution < -0.4 is 5.32 Å². The molecule has 0 spiro atoms. The zero-order valence-corrected chi connectivity index (χ0v) is 20.3. The van der Waals surface area contributed by atoms with Crippen LogP contribution in [0.3, 0.4) is 0 Å². The van der Waals surface area contributed by atoms with Crippen LogP contribution in [0.15, 0.2) is 35.7 Å². The van der Waals surface area contributed by atoms with Crippen LogP contribution in [0.5, 0.6) is 0 Å². The summed E-state index contributed by atoms with van der Waals surface area (Å²) in [7, 11) is 0. The van der Waals surface area contributed by atoms with Gasteiger partial charge in [0.25, 0.3) is 0 Å². The Bertz CT molecular complexity index is 1210. The molecular formula is C25H29N5O2S. The minimum atomic E-state index is -0.169. The molecular weight excluding hydrogens is 434 g/mol. The van der Waals surface area contributed by atoms with E-state index < -0.39 is 0 Å². The summed E-state index contributed by atoms with van der Waals surface area (Å²) in [5.41, 5.74) is 5.79. The molecule has 33 heavy (non-hydrogen) atoms. The van der Waals surface area contributed by atoms with Gasteiger partial charge in [-0.3, -0.25) is 9.36 Å². The molecule has 0 bridgehead atoms. The fourth-order valence-corrected chi connectivity index (χ4v) is 5.07. The van der Waals surface area contributed by atoms with Crippen molar-refractivity contribution >= 4 is 23.5 Å². The van der Waals surface area contributed by atoms with Crippen LogP contribution in [0.25, 0.3) is 5.69 Å². The Balaban J connectivity index is 1.50. The lowest BCUT2D eigenvalue weighted by Gasteiger charge is -2.17. The summed E-state index contributed by atoms with van der Waals surface area (Å²) in [6, 6.07) is 8.54. The summed E-state index contributed by atoms with van der Waals surface area (Å²) in [4.78, 5) is 17.4. The van der Waals surface area contributed by atoms with Crippen molar-refractivity contribution in [1.29, 1.82) is 5.26 Å². The highest BCUT2D eigenvalue weighted by Gasteiger charge is 2.24. The molecule has 0 unspecified atom stereocenters. The lowest BCUT2D eigenvalue weighted by Crippen LogP contribution is -2.22. The van der Waals surface area contributed by atoms with Gasteiger partial charge in [0.2, 0.25) is 5.91 Å². The first kappa shape index (κ1) is 23.1. The molecule has 4 rings (SSSR count). The van der Waals surface area contributed by atoms with Crippen molar-refractivity contribution < 1.29 is 9.53 Å². The number of nitrogens with one attached hydrogen (secondary N) is 1. The first-order valence-corrected chi connectivity index (χ1v) is 12.1. The van der Waals surface area contributed by atoms with E-state index in [1.54, 1.807) is 6.20 Å². The van der Waals surface area contributed by atoms with Crippen LogP contribution in [0.2, 0.25) is 0 Å². The highest BCUT2D eigenvalue weighted by molar-refractivity contribution is 7.99. The number of hydrogen-bond acceptors (Lipinski definition) is 5. The van der Waals surface area contributed by atoms with Crippen molar-refractivity contribution in [1.82, 2.24) is 14.1 Å². The smallest absolute Gasteiger partial charge is 0.235 e. The van der Waals surface area contributed by atoms with Gasteiger partial charge in [-0.05, 0) is 57.7 Å². The molecule has 1 aromatic carbocycles. The number of aromatic nitrogens is 3. The number of anilines is 1. The summed E-state index contributed by atoms with van der Waals surface area (Å²) in [5, 5.41) is 13.5. The van der Waals surface area contributed by atoms with Gasteiger partial charge in [-0.15, -0.1) is 0 Å². The normalized spacial score (nSPS) is 15.5. The number of benzene rings is 1. The Hall–Kier alpha value is -3.02. The van der Waals surface area contributed by atoms with E-state index in [1.165, 1.54) is 17.3 Å². The Morgan fingerprint density at radius 3 is 2.85 bits per heavy atom. The number of ether oxygens (including phenoxy) is 1. The molecule has 0 aliphatic carbocycles. The fraction of sp³-hybridized carbons (Fsp3) is 0.400. The summed E-state index contributed by atoms with van der Waals surface area (Å²) < 4.78 is 9.81. The van der Waals surface area contributed by atoms with Gasteiger partial charge in [0.1, 0.15) is 11.9 Å². The molecule has 1 N–H and O–H groups in total. The molecule has 0 radical (unpaired) electrons. The van der Waals surface area contributed by atoms with E-state index in [1.807, 2.05) is 29.2 Å². The van der Waals surface area contributed by atoms with E-state index in [2.05, 4.69) is 48.4 Å². The second kappa shape index (κ2) is 9.86. The first-order valence-electron chi connectivity index (χ1n) is 11.1. The number of rotatable bonds is 7. The lowest BCUT2D eigenvalue weighted by atomic mass is 10.1. The van der Waals surface area contributed by atoms with Gasteiger partial charge in [-0.25, -0.2) is 4.98 Å². The molecule has 1 saturated heterocycles. The van der Waals surface area contributed by atoms with Crippen LogP contribution in [0.1, 0.15) is 40.8 Å². The van der Waals surface area contributed by atoms with E-state index in [0.717, 1.165) is 47.1 Å². The Kier molecular flexibility index (Phi) is 6.91. The largest absolute Gasteiger partial charge is 0.376 e. The van der Waals surface area contributed by atoms with E-state index in [-0.39, 0.29) is 17.8 Å². The third kappa shape index (κ3) is 4.85. The van der Waals surface area contributed by atoms with E-state index in [4.69, 9.17) is 4.74 Å². The van der Waals surface area contributed by atoms with Crippen LogP contribution in [0.4, 0.5) is 5.82 Å². The molecule has 8 heteroatoms. The van der Waals surface area contributed by atoms with Gasteiger partial charge in [-0.2, -0.15) is 5.26 Å².